The molecular formula is C13H19FN2. The van der Waals surface area contributed by atoms with Gasteiger partial charge in [-0.25, -0.2) is 4.39 Å². The molecule has 0 aliphatic carbocycles. The van der Waals surface area contributed by atoms with Crippen molar-refractivity contribution in [3.8, 4) is 0 Å². The van der Waals surface area contributed by atoms with Gasteiger partial charge in [-0.05, 0) is 43.9 Å². The van der Waals surface area contributed by atoms with Crippen LogP contribution in [0.5, 0.6) is 0 Å². The molecule has 0 radical (unpaired) electrons. The van der Waals surface area contributed by atoms with Gasteiger partial charge >= 0.3 is 0 Å². The van der Waals surface area contributed by atoms with Crippen molar-refractivity contribution in [2.75, 3.05) is 17.2 Å². The number of nitrogens with two attached hydrogens (primary N) is 1. The van der Waals surface area contributed by atoms with E-state index in [1.54, 1.807) is 12.1 Å². The lowest BCUT2D eigenvalue weighted by Crippen LogP contribution is -2.39. The molecule has 0 unspecified atom stereocenters. The number of rotatable bonds is 2. The van der Waals surface area contributed by atoms with E-state index < -0.39 is 0 Å². The number of hydrogen-bond acceptors (Lipinski definition) is 2. The zero-order valence-corrected chi connectivity index (χ0v) is 9.75. The van der Waals surface area contributed by atoms with E-state index in [2.05, 4.69) is 11.8 Å². The van der Waals surface area contributed by atoms with Gasteiger partial charge in [0.2, 0.25) is 0 Å². The second kappa shape index (κ2) is 4.73. The summed E-state index contributed by atoms with van der Waals surface area (Å²) in [6.45, 7) is 3.12. The Kier molecular flexibility index (Phi) is 3.32. The third-order valence-corrected chi connectivity index (χ3v) is 3.38. The Bertz CT molecular complexity index is 365. The van der Waals surface area contributed by atoms with Crippen LogP contribution in [0.1, 0.15) is 32.6 Å². The summed E-state index contributed by atoms with van der Waals surface area (Å²) in [6.07, 6.45) is 4.65. The smallest absolute Gasteiger partial charge is 0.148 e. The Morgan fingerprint density at radius 1 is 1.44 bits per heavy atom. The fourth-order valence-corrected chi connectivity index (χ4v) is 2.50. The first-order valence-electron chi connectivity index (χ1n) is 6.04. The first-order valence-corrected chi connectivity index (χ1v) is 6.04. The number of nitrogen functional groups attached to an aromatic ring is 1. The van der Waals surface area contributed by atoms with Gasteiger partial charge < -0.3 is 10.6 Å². The van der Waals surface area contributed by atoms with Crippen LogP contribution < -0.4 is 10.6 Å². The van der Waals surface area contributed by atoms with Crippen LogP contribution >= 0.6 is 0 Å². The van der Waals surface area contributed by atoms with Crippen LogP contribution in [0.3, 0.4) is 0 Å². The van der Waals surface area contributed by atoms with Gasteiger partial charge in [0, 0.05) is 18.3 Å². The van der Waals surface area contributed by atoms with Crippen molar-refractivity contribution in [1.29, 1.82) is 0 Å². The van der Waals surface area contributed by atoms with Gasteiger partial charge in [0.15, 0.2) is 0 Å². The minimum Gasteiger partial charge on any atom is -0.399 e. The topological polar surface area (TPSA) is 29.3 Å². The molecule has 1 aromatic carbocycles. The number of anilines is 2. The first-order chi connectivity index (χ1) is 7.72. The van der Waals surface area contributed by atoms with Gasteiger partial charge in [-0.1, -0.05) is 6.92 Å². The lowest BCUT2D eigenvalue weighted by Gasteiger charge is -2.37. The summed E-state index contributed by atoms with van der Waals surface area (Å²) < 4.78 is 13.8. The molecule has 2 nitrogen and oxygen atoms in total. The van der Waals surface area contributed by atoms with E-state index in [1.807, 2.05) is 0 Å². The van der Waals surface area contributed by atoms with Gasteiger partial charge in [0.05, 0.1) is 5.69 Å². The van der Waals surface area contributed by atoms with E-state index in [0.717, 1.165) is 19.4 Å². The van der Waals surface area contributed by atoms with E-state index >= 15 is 0 Å². The van der Waals surface area contributed by atoms with Crippen LogP contribution in [0.15, 0.2) is 18.2 Å². The average molecular weight is 222 g/mol. The van der Waals surface area contributed by atoms with Gasteiger partial charge in [0.1, 0.15) is 5.82 Å². The standard InChI is InChI=1S/C13H19FN2/c1-2-11-5-3-4-8-16(11)13-7-6-10(15)9-12(13)14/h6-7,9,11H,2-5,8,15H2,1H3/t11-/m1/s1. The fourth-order valence-electron chi connectivity index (χ4n) is 2.50. The zero-order chi connectivity index (χ0) is 11.5. The van der Waals surface area contributed by atoms with Gasteiger partial charge in [-0.2, -0.15) is 0 Å². The van der Waals surface area contributed by atoms with Crippen LogP contribution in [0, 0.1) is 5.82 Å². The number of piperidine rings is 1. The van der Waals surface area contributed by atoms with Crippen molar-refractivity contribution in [2.45, 2.75) is 38.6 Å². The molecule has 1 saturated heterocycles. The molecule has 1 aromatic rings. The van der Waals surface area contributed by atoms with Crippen molar-refractivity contribution in [3.63, 3.8) is 0 Å². The predicted molar refractivity (Wildman–Crippen MR) is 66.1 cm³/mol. The molecule has 1 heterocycles. The summed E-state index contributed by atoms with van der Waals surface area (Å²) in [7, 11) is 0. The number of benzene rings is 1. The van der Waals surface area contributed by atoms with Crippen molar-refractivity contribution in [2.24, 2.45) is 0 Å². The van der Waals surface area contributed by atoms with Gasteiger partial charge in [-0.15, -0.1) is 0 Å². The van der Waals surface area contributed by atoms with E-state index in [0.29, 0.717) is 17.4 Å². The van der Waals surface area contributed by atoms with E-state index in [-0.39, 0.29) is 5.82 Å². The number of nitrogens with zero attached hydrogens (tertiary/aromatic N) is 1. The second-order valence-electron chi connectivity index (χ2n) is 4.46. The maximum atomic E-state index is 13.8. The lowest BCUT2D eigenvalue weighted by molar-refractivity contribution is 0.443. The van der Waals surface area contributed by atoms with E-state index in [4.69, 9.17) is 5.73 Å². The van der Waals surface area contributed by atoms with E-state index in [1.165, 1.54) is 18.9 Å². The third kappa shape index (κ3) is 2.13. The number of hydrogen-bond donors (Lipinski definition) is 1. The average Bonchev–Trinajstić information content (AvgIpc) is 2.29. The first kappa shape index (κ1) is 11.2. The Balaban J connectivity index is 2.27. The molecule has 0 bridgehead atoms. The highest BCUT2D eigenvalue weighted by atomic mass is 19.1. The summed E-state index contributed by atoms with van der Waals surface area (Å²) in [6, 6.07) is 5.47. The highest BCUT2D eigenvalue weighted by molar-refractivity contribution is 5.55. The molecule has 1 fully saturated rings. The van der Waals surface area contributed by atoms with Crippen molar-refractivity contribution in [1.82, 2.24) is 0 Å². The van der Waals surface area contributed by atoms with Crippen molar-refractivity contribution < 1.29 is 4.39 Å². The summed E-state index contributed by atoms with van der Waals surface area (Å²) in [5.41, 5.74) is 6.77. The third-order valence-electron chi connectivity index (χ3n) is 3.38. The fraction of sp³-hybridized carbons (Fsp3) is 0.538. The van der Waals surface area contributed by atoms with Crippen LogP contribution in [-0.4, -0.2) is 12.6 Å². The van der Waals surface area contributed by atoms with Crippen LogP contribution in [0.25, 0.3) is 0 Å². The zero-order valence-electron chi connectivity index (χ0n) is 9.75. The largest absolute Gasteiger partial charge is 0.399 e. The maximum absolute atomic E-state index is 13.8. The molecule has 88 valence electrons. The Morgan fingerprint density at radius 3 is 2.94 bits per heavy atom. The van der Waals surface area contributed by atoms with Crippen molar-refractivity contribution >= 4 is 11.4 Å². The summed E-state index contributed by atoms with van der Waals surface area (Å²) in [5.74, 6) is -0.194. The summed E-state index contributed by atoms with van der Waals surface area (Å²) in [5, 5.41) is 0. The van der Waals surface area contributed by atoms with Crippen molar-refractivity contribution in [3.05, 3.63) is 24.0 Å². The minimum atomic E-state index is -0.194. The molecule has 0 spiro atoms. The van der Waals surface area contributed by atoms with Crippen LogP contribution in [0.4, 0.5) is 15.8 Å². The lowest BCUT2D eigenvalue weighted by atomic mass is 9.99. The quantitative estimate of drug-likeness (QED) is 0.779. The molecule has 2 N–H and O–H groups in total. The van der Waals surface area contributed by atoms with E-state index in [9.17, 15) is 4.39 Å². The predicted octanol–water partition coefficient (Wildman–Crippen LogP) is 3.18. The van der Waals surface area contributed by atoms with Crippen LogP contribution in [0.2, 0.25) is 0 Å². The molecule has 1 aliphatic heterocycles. The molecule has 0 aromatic heterocycles. The summed E-state index contributed by atoms with van der Waals surface area (Å²) >= 11 is 0. The minimum absolute atomic E-state index is 0.194. The second-order valence-corrected chi connectivity index (χ2v) is 4.46. The maximum Gasteiger partial charge on any atom is 0.148 e. The monoisotopic (exact) mass is 222 g/mol. The highest BCUT2D eigenvalue weighted by Crippen LogP contribution is 2.29. The SMILES string of the molecule is CC[C@@H]1CCCCN1c1ccc(N)cc1F. The molecule has 0 saturated carbocycles. The molecule has 16 heavy (non-hydrogen) atoms. The van der Waals surface area contributed by atoms with Gasteiger partial charge in [0.25, 0.3) is 0 Å². The molecule has 1 atom stereocenters. The van der Waals surface area contributed by atoms with Crippen LogP contribution in [-0.2, 0) is 0 Å². The molecule has 2 rings (SSSR count). The summed E-state index contributed by atoms with van der Waals surface area (Å²) in [4.78, 5) is 2.19. The van der Waals surface area contributed by atoms with Gasteiger partial charge in [-0.3, -0.25) is 0 Å². The molecular weight excluding hydrogens is 203 g/mol. The number of halogens is 1. The highest BCUT2D eigenvalue weighted by Gasteiger charge is 2.23. The Labute approximate surface area is 96.2 Å². The normalized spacial score (nSPS) is 21.1. The Morgan fingerprint density at radius 2 is 2.25 bits per heavy atom. The molecule has 1 aliphatic rings. The molecule has 0 amide bonds. The Hall–Kier alpha value is -1.25. The molecule has 3 heteroatoms.